The second-order valence-corrected chi connectivity index (χ2v) is 6.20. The molecule has 1 heterocycles. The van der Waals surface area contributed by atoms with Crippen LogP contribution in [0.3, 0.4) is 0 Å². The van der Waals surface area contributed by atoms with Crippen molar-refractivity contribution in [1.82, 2.24) is 4.98 Å². The molecule has 0 spiro atoms. The Kier molecular flexibility index (Phi) is 6.42. The zero-order valence-corrected chi connectivity index (χ0v) is 16.2. The fraction of sp³-hybridized carbons (Fsp3) is 0.136. The summed E-state index contributed by atoms with van der Waals surface area (Å²) in [6.45, 7) is 3.85. The third kappa shape index (κ3) is 5.55. The number of pyridine rings is 1. The Hall–Kier alpha value is -3.87. The van der Waals surface area contributed by atoms with Crippen molar-refractivity contribution in [2.24, 2.45) is 0 Å². The zero-order chi connectivity index (χ0) is 20.6. The SMILES string of the molecule is CCOc1ccccc1NC(=O)c1ccc(Nc2cccc(NC(C)=O)c2)cn1. The highest BCUT2D eigenvalue weighted by molar-refractivity contribution is 6.03. The quantitative estimate of drug-likeness (QED) is 0.555. The molecule has 0 unspecified atom stereocenters. The van der Waals surface area contributed by atoms with Crippen LogP contribution in [0.5, 0.6) is 5.75 Å². The number of benzene rings is 2. The van der Waals surface area contributed by atoms with E-state index in [-0.39, 0.29) is 17.5 Å². The van der Waals surface area contributed by atoms with Gasteiger partial charge >= 0.3 is 0 Å². The van der Waals surface area contributed by atoms with Crippen molar-refractivity contribution >= 4 is 34.6 Å². The molecule has 3 N–H and O–H groups in total. The van der Waals surface area contributed by atoms with Gasteiger partial charge in [-0.05, 0) is 49.4 Å². The van der Waals surface area contributed by atoms with Crippen LogP contribution in [-0.2, 0) is 4.79 Å². The van der Waals surface area contributed by atoms with Gasteiger partial charge in [-0.2, -0.15) is 0 Å². The van der Waals surface area contributed by atoms with Gasteiger partial charge in [0.15, 0.2) is 0 Å². The normalized spacial score (nSPS) is 10.1. The van der Waals surface area contributed by atoms with Crippen LogP contribution in [0.2, 0.25) is 0 Å². The van der Waals surface area contributed by atoms with E-state index in [9.17, 15) is 9.59 Å². The van der Waals surface area contributed by atoms with Gasteiger partial charge in [-0.25, -0.2) is 4.98 Å². The first kappa shape index (κ1) is 19.9. The highest BCUT2D eigenvalue weighted by Crippen LogP contribution is 2.24. The molecule has 0 aliphatic heterocycles. The number of aromatic nitrogens is 1. The molecule has 2 aromatic carbocycles. The molecule has 0 fully saturated rings. The average Bonchev–Trinajstić information content (AvgIpc) is 2.70. The van der Waals surface area contributed by atoms with Crippen LogP contribution in [0.1, 0.15) is 24.3 Å². The molecule has 3 rings (SSSR count). The number of rotatable bonds is 7. The van der Waals surface area contributed by atoms with Gasteiger partial charge < -0.3 is 20.7 Å². The molecule has 0 aliphatic carbocycles. The van der Waals surface area contributed by atoms with Gasteiger partial charge in [0.1, 0.15) is 11.4 Å². The number of carbonyl (C=O) groups excluding carboxylic acids is 2. The molecule has 0 aliphatic rings. The van der Waals surface area contributed by atoms with Crippen LogP contribution in [-0.4, -0.2) is 23.4 Å². The third-order valence-electron chi connectivity index (χ3n) is 3.90. The standard InChI is InChI=1S/C22H22N4O3/c1-3-29-21-10-5-4-9-19(21)26-22(28)20-12-11-18(14-23-20)25-17-8-6-7-16(13-17)24-15(2)27/h4-14,25H,3H2,1-2H3,(H,24,27)(H,26,28). The smallest absolute Gasteiger partial charge is 0.274 e. The molecule has 3 aromatic rings. The average molecular weight is 390 g/mol. The molecule has 29 heavy (non-hydrogen) atoms. The minimum Gasteiger partial charge on any atom is -0.492 e. The lowest BCUT2D eigenvalue weighted by atomic mass is 10.2. The maximum atomic E-state index is 12.5. The molecule has 0 radical (unpaired) electrons. The van der Waals surface area contributed by atoms with Crippen LogP contribution in [0, 0.1) is 0 Å². The van der Waals surface area contributed by atoms with Crippen molar-refractivity contribution in [2.45, 2.75) is 13.8 Å². The first-order valence-corrected chi connectivity index (χ1v) is 9.19. The molecule has 7 heteroatoms. The summed E-state index contributed by atoms with van der Waals surface area (Å²) in [4.78, 5) is 27.9. The van der Waals surface area contributed by atoms with E-state index >= 15 is 0 Å². The summed E-state index contributed by atoms with van der Waals surface area (Å²) in [6, 6.07) is 18.0. The van der Waals surface area contributed by atoms with Crippen LogP contribution in [0.4, 0.5) is 22.7 Å². The number of amides is 2. The Bertz CT molecular complexity index is 1000. The van der Waals surface area contributed by atoms with Gasteiger partial charge in [-0.15, -0.1) is 0 Å². The molecule has 0 atom stereocenters. The van der Waals surface area contributed by atoms with E-state index < -0.39 is 0 Å². The molecular weight excluding hydrogens is 368 g/mol. The number of ether oxygens (including phenoxy) is 1. The Morgan fingerprint density at radius 3 is 2.45 bits per heavy atom. The van der Waals surface area contributed by atoms with Crippen LogP contribution >= 0.6 is 0 Å². The molecule has 0 saturated heterocycles. The van der Waals surface area contributed by atoms with E-state index in [2.05, 4.69) is 20.9 Å². The van der Waals surface area contributed by atoms with E-state index in [4.69, 9.17) is 4.74 Å². The number of carbonyl (C=O) groups is 2. The maximum Gasteiger partial charge on any atom is 0.274 e. The van der Waals surface area contributed by atoms with Crippen molar-refractivity contribution in [3.05, 3.63) is 72.6 Å². The number of anilines is 4. The van der Waals surface area contributed by atoms with E-state index in [0.29, 0.717) is 23.7 Å². The van der Waals surface area contributed by atoms with Gasteiger partial charge in [0.25, 0.3) is 5.91 Å². The Morgan fingerprint density at radius 1 is 0.931 bits per heavy atom. The number of nitrogens with one attached hydrogen (secondary N) is 3. The summed E-state index contributed by atoms with van der Waals surface area (Å²) in [5.41, 5.74) is 3.09. The van der Waals surface area contributed by atoms with Crippen molar-refractivity contribution in [3.8, 4) is 5.75 Å². The van der Waals surface area contributed by atoms with E-state index in [0.717, 1.165) is 11.4 Å². The molecule has 0 bridgehead atoms. The second-order valence-electron chi connectivity index (χ2n) is 6.20. The minimum absolute atomic E-state index is 0.134. The van der Waals surface area contributed by atoms with Crippen molar-refractivity contribution in [1.29, 1.82) is 0 Å². The van der Waals surface area contributed by atoms with Crippen molar-refractivity contribution in [3.63, 3.8) is 0 Å². The fourth-order valence-corrected chi connectivity index (χ4v) is 2.68. The highest BCUT2D eigenvalue weighted by Gasteiger charge is 2.11. The fourth-order valence-electron chi connectivity index (χ4n) is 2.68. The first-order chi connectivity index (χ1) is 14.0. The molecular formula is C22H22N4O3. The van der Waals surface area contributed by atoms with Gasteiger partial charge in [0, 0.05) is 18.3 Å². The van der Waals surface area contributed by atoms with Crippen LogP contribution in [0.25, 0.3) is 0 Å². The lowest BCUT2D eigenvalue weighted by Gasteiger charge is -2.11. The Morgan fingerprint density at radius 2 is 1.72 bits per heavy atom. The zero-order valence-electron chi connectivity index (χ0n) is 16.2. The number of hydrogen-bond acceptors (Lipinski definition) is 5. The third-order valence-corrected chi connectivity index (χ3v) is 3.90. The molecule has 0 saturated carbocycles. The first-order valence-electron chi connectivity index (χ1n) is 9.19. The topological polar surface area (TPSA) is 92.4 Å². The summed E-state index contributed by atoms with van der Waals surface area (Å²) in [6.07, 6.45) is 1.58. The van der Waals surface area contributed by atoms with Crippen molar-refractivity contribution in [2.75, 3.05) is 22.6 Å². The summed E-state index contributed by atoms with van der Waals surface area (Å²) >= 11 is 0. The van der Waals surface area contributed by atoms with Crippen LogP contribution < -0.4 is 20.7 Å². The van der Waals surface area contributed by atoms with E-state index in [1.165, 1.54) is 6.92 Å². The molecule has 7 nitrogen and oxygen atoms in total. The molecule has 1 aromatic heterocycles. The summed E-state index contributed by atoms with van der Waals surface area (Å²) in [5.74, 6) is 0.155. The van der Waals surface area contributed by atoms with E-state index in [1.807, 2.05) is 37.3 Å². The summed E-state index contributed by atoms with van der Waals surface area (Å²) < 4.78 is 5.52. The van der Waals surface area contributed by atoms with Crippen LogP contribution in [0.15, 0.2) is 66.9 Å². The summed E-state index contributed by atoms with van der Waals surface area (Å²) in [7, 11) is 0. The number of nitrogens with zero attached hydrogens (tertiary/aromatic N) is 1. The minimum atomic E-state index is -0.323. The predicted molar refractivity (Wildman–Crippen MR) is 114 cm³/mol. The second kappa shape index (κ2) is 9.36. The van der Waals surface area contributed by atoms with Gasteiger partial charge in [-0.1, -0.05) is 18.2 Å². The summed E-state index contributed by atoms with van der Waals surface area (Å²) in [5, 5.41) is 8.75. The Labute approximate surface area is 169 Å². The van der Waals surface area contributed by atoms with Gasteiger partial charge in [-0.3, -0.25) is 9.59 Å². The Balaban J connectivity index is 1.67. The van der Waals surface area contributed by atoms with Crippen molar-refractivity contribution < 1.29 is 14.3 Å². The lowest BCUT2D eigenvalue weighted by Crippen LogP contribution is -2.14. The number of para-hydroxylation sites is 2. The largest absolute Gasteiger partial charge is 0.492 e. The van der Waals surface area contributed by atoms with E-state index in [1.54, 1.807) is 36.5 Å². The predicted octanol–water partition coefficient (Wildman–Crippen LogP) is 4.43. The molecule has 2 amide bonds. The maximum absolute atomic E-state index is 12.5. The monoisotopic (exact) mass is 390 g/mol. The molecule has 148 valence electrons. The number of hydrogen-bond donors (Lipinski definition) is 3. The lowest BCUT2D eigenvalue weighted by molar-refractivity contribution is -0.114. The highest BCUT2D eigenvalue weighted by atomic mass is 16.5. The van der Waals surface area contributed by atoms with Gasteiger partial charge in [0.05, 0.1) is 24.2 Å². The van der Waals surface area contributed by atoms with Gasteiger partial charge in [0.2, 0.25) is 5.91 Å².